The van der Waals surface area contributed by atoms with Gasteiger partial charge in [-0.15, -0.1) is 0 Å². The number of ketones is 1. The van der Waals surface area contributed by atoms with E-state index in [0.717, 1.165) is 25.1 Å². The van der Waals surface area contributed by atoms with Gasteiger partial charge < -0.3 is 24.4 Å². The van der Waals surface area contributed by atoms with Gasteiger partial charge in [0.05, 0.1) is 39.0 Å². The van der Waals surface area contributed by atoms with Crippen molar-refractivity contribution in [2.75, 3.05) is 46.0 Å². The van der Waals surface area contributed by atoms with E-state index in [0.29, 0.717) is 44.2 Å². The fourth-order valence-corrected chi connectivity index (χ4v) is 4.35. The molecule has 7 nitrogen and oxygen atoms in total. The molecule has 0 aliphatic carbocycles. The molecule has 174 valence electrons. The Bertz CT molecular complexity index is 997. The van der Waals surface area contributed by atoms with Crippen LogP contribution in [0.2, 0.25) is 0 Å². The number of ether oxygens (including phenoxy) is 2. The molecule has 2 aliphatic rings. The lowest BCUT2D eigenvalue weighted by molar-refractivity contribution is -0.907. The fourth-order valence-electron chi connectivity index (χ4n) is 4.35. The van der Waals surface area contributed by atoms with E-state index in [-0.39, 0.29) is 5.57 Å². The maximum absolute atomic E-state index is 13.5. The van der Waals surface area contributed by atoms with Crippen LogP contribution in [-0.4, -0.2) is 62.6 Å². The molecule has 0 spiro atoms. The molecular formula is C26H30N2O5. The van der Waals surface area contributed by atoms with E-state index < -0.39 is 23.5 Å². The summed E-state index contributed by atoms with van der Waals surface area (Å²) in [5, 5.41) is 13.5. The Morgan fingerprint density at radius 1 is 1.09 bits per heavy atom. The highest BCUT2D eigenvalue weighted by atomic mass is 16.5. The summed E-state index contributed by atoms with van der Waals surface area (Å²) in [6.07, 6.45) is 0.885. The van der Waals surface area contributed by atoms with Crippen molar-refractivity contribution in [2.24, 2.45) is 0 Å². The molecule has 1 amide bonds. The van der Waals surface area contributed by atoms with Crippen LogP contribution < -0.4 is 14.7 Å². The Labute approximate surface area is 194 Å². The van der Waals surface area contributed by atoms with Crippen molar-refractivity contribution < 1.29 is 29.1 Å². The van der Waals surface area contributed by atoms with Crippen LogP contribution in [0.15, 0.2) is 60.2 Å². The van der Waals surface area contributed by atoms with Crippen LogP contribution in [0.5, 0.6) is 5.75 Å². The van der Waals surface area contributed by atoms with Gasteiger partial charge >= 0.3 is 0 Å². The fraction of sp³-hybridized carbons (Fsp3) is 0.385. The number of Topliss-reactive ketones (excluding diaryl/α,β-unsaturated/α-hetero) is 1. The molecule has 2 heterocycles. The summed E-state index contributed by atoms with van der Waals surface area (Å²) in [7, 11) is 0. The van der Waals surface area contributed by atoms with Gasteiger partial charge in [0.15, 0.2) is 0 Å². The summed E-state index contributed by atoms with van der Waals surface area (Å²) in [6, 6.07) is 15.4. The van der Waals surface area contributed by atoms with Crippen molar-refractivity contribution in [3.05, 3.63) is 71.3 Å². The summed E-state index contributed by atoms with van der Waals surface area (Å²) in [4.78, 5) is 29.0. The van der Waals surface area contributed by atoms with Crippen molar-refractivity contribution in [2.45, 2.75) is 19.4 Å². The number of amides is 1. The second-order valence-electron chi connectivity index (χ2n) is 8.37. The Balaban J connectivity index is 1.66. The smallest absolute Gasteiger partial charge is 0.295 e. The Hall–Kier alpha value is -3.16. The van der Waals surface area contributed by atoms with Crippen molar-refractivity contribution in [1.29, 1.82) is 0 Å². The molecule has 1 N–H and O–H groups in total. The third kappa shape index (κ3) is 5.10. The lowest BCUT2D eigenvalue weighted by Crippen LogP contribution is -3.14. The number of carbonyl (C=O) groups excluding carboxylic acids is 2. The summed E-state index contributed by atoms with van der Waals surface area (Å²) < 4.78 is 11.0. The monoisotopic (exact) mass is 450 g/mol. The zero-order valence-electron chi connectivity index (χ0n) is 18.9. The molecule has 2 aliphatic heterocycles. The molecule has 4 rings (SSSR count). The molecule has 1 atom stereocenters. The van der Waals surface area contributed by atoms with Crippen molar-refractivity contribution in [3.8, 4) is 5.75 Å². The maximum Gasteiger partial charge on any atom is 0.295 e. The minimum absolute atomic E-state index is 0.0189. The van der Waals surface area contributed by atoms with Gasteiger partial charge in [-0.2, -0.15) is 0 Å². The highest BCUT2D eigenvalue weighted by molar-refractivity contribution is 6.46. The molecule has 1 unspecified atom stereocenters. The van der Waals surface area contributed by atoms with Gasteiger partial charge in [-0.25, -0.2) is 0 Å². The molecular weight excluding hydrogens is 420 g/mol. The van der Waals surface area contributed by atoms with Gasteiger partial charge in [-0.1, -0.05) is 55.1 Å². The number of hydrogen-bond donors (Lipinski definition) is 1. The number of nitrogens with zero attached hydrogens (tertiary/aromatic N) is 1. The van der Waals surface area contributed by atoms with Crippen LogP contribution in [0.1, 0.15) is 30.5 Å². The molecule has 0 bridgehead atoms. The lowest BCUT2D eigenvalue weighted by Gasteiger charge is -2.30. The molecule has 2 fully saturated rings. The predicted molar refractivity (Wildman–Crippen MR) is 121 cm³/mol. The van der Waals surface area contributed by atoms with Crippen LogP contribution in [0.25, 0.3) is 5.76 Å². The van der Waals surface area contributed by atoms with Crippen molar-refractivity contribution in [1.82, 2.24) is 4.90 Å². The minimum Gasteiger partial charge on any atom is -0.872 e. The Morgan fingerprint density at radius 3 is 2.45 bits per heavy atom. The number of benzene rings is 2. The van der Waals surface area contributed by atoms with Gasteiger partial charge in [0, 0.05) is 5.57 Å². The van der Waals surface area contributed by atoms with E-state index >= 15 is 0 Å². The number of quaternary nitrogens is 1. The van der Waals surface area contributed by atoms with Crippen molar-refractivity contribution in [3.63, 3.8) is 0 Å². The van der Waals surface area contributed by atoms with Crippen LogP contribution in [-0.2, 0) is 14.3 Å². The molecule has 33 heavy (non-hydrogen) atoms. The highest BCUT2D eigenvalue weighted by Crippen LogP contribution is 2.38. The quantitative estimate of drug-likeness (QED) is 0.362. The van der Waals surface area contributed by atoms with Gasteiger partial charge in [0.25, 0.3) is 5.91 Å². The first kappa shape index (κ1) is 23.0. The topological polar surface area (TPSA) is 83.3 Å². The highest BCUT2D eigenvalue weighted by Gasteiger charge is 2.44. The summed E-state index contributed by atoms with van der Waals surface area (Å²) in [5.74, 6) is -1.06. The van der Waals surface area contributed by atoms with Crippen molar-refractivity contribution >= 4 is 17.4 Å². The average Bonchev–Trinajstić information content (AvgIpc) is 3.12. The van der Waals surface area contributed by atoms with Gasteiger partial charge in [-0.05, 0) is 29.7 Å². The third-order valence-electron chi connectivity index (χ3n) is 6.14. The average molecular weight is 451 g/mol. The molecule has 7 heteroatoms. The zero-order chi connectivity index (χ0) is 23.2. The first-order valence-electron chi connectivity index (χ1n) is 11.6. The number of nitrogens with one attached hydrogen (secondary N) is 1. The van der Waals surface area contributed by atoms with Gasteiger partial charge in [-0.3, -0.25) is 9.59 Å². The number of hydrogen-bond acceptors (Lipinski definition) is 5. The van der Waals surface area contributed by atoms with Crippen LogP contribution in [0, 0.1) is 0 Å². The van der Waals surface area contributed by atoms with E-state index in [2.05, 4.69) is 0 Å². The summed E-state index contributed by atoms with van der Waals surface area (Å²) in [6.45, 7) is 6.84. The van der Waals surface area contributed by atoms with E-state index in [1.165, 1.54) is 4.90 Å². The molecule has 2 aromatic rings. The number of rotatable bonds is 8. The third-order valence-corrected chi connectivity index (χ3v) is 6.14. The normalized spacial score (nSPS) is 20.9. The van der Waals surface area contributed by atoms with Gasteiger partial charge in [0.1, 0.15) is 18.8 Å². The summed E-state index contributed by atoms with van der Waals surface area (Å²) >= 11 is 0. The zero-order valence-corrected chi connectivity index (χ0v) is 18.9. The van der Waals surface area contributed by atoms with Crippen LogP contribution in [0.3, 0.4) is 0 Å². The van der Waals surface area contributed by atoms with Crippen LogP contribution >= 0.6 is 0 Å². The molecule has 2 saturated heterocycles. The summed E-state index contributed by atoms with van der Waals surface area (Å²) in [5.41, 5.74) is 1.15. The largest absolute Gasteiger partial charge is 0.872 e. The van der Waals surface area contributed by atoms with Crippen LogP contribution in [0.4, 0.5) is 0 Å². The molecule has 0 saturated carbocycles. The Kier molecular flexibility index (Phi) is 7.42. The molecule has 0 radical (unpaired) electrons. The molecule has 0 aromatic heterocycles. The van der Waals surface area contributed by atoms with Gasteiger partial charge in [0.2, 0.25) is 5.78 Å². The minimum atomic E-state index is -0.711. The second kappa shape index (κ2) is 10.6. The number of morpholine rings is 1. The number of likely N-dealkylation sites (tertiary alicyclic amines) is 1. The maximum atomic E-state index is 13.5. The predicted octanol–water partition coefficient (Wildman–Crippen LogP) is 0.615. The lowest BCUT2D eigenvalue weighted by atomic mass is 9.95. The Morgan fingerprint density at radius 2 is 1.79 bits per heavy atom. The molecule has 2 aromatic carbocycles. The van der Waals surface area contributed by atoms with E-state index in [1.54, 1.807) is 29.2 Å². The van der Waals surface area contributed by atoms with E-state index in [4.69, 9.17) is 9.47 Å². The van der Waals surface area contributed by atoms with E-state index in [1.807, 2.05) is 37.3 Å². The second-order valence-corrected chi connectivity index (χ2v) is 8.37. The SMILES string of the molecule is CCCOc1ccc(/C([O-])=C2\C(=O)C(=O)N(CC[NH+]3CCOCC3)C2c2ccccc2)cc1. The number of carbonyl (C=O) groups is 2. The van der Waals surface area contributed by atoms with E-state index in [9.17, 15) is 14.7 Å². The first-order chi connectivity index (χ1) is 16.1. The first-order valence-corrected chi connectivity index (χ1v) is 11.6. The standard InChI is InChI=1S/C26H30N2O5/c1-2-16-33-21-10-8-20(9-11-21)24(29)22-23(19-6-4-3-5-7-19)28(26(31)25(22)30)13-12-27-14-17-32-18-15-27/h3-11,23,29H,2,12-18H2,1H3/b24-22+.